The van der Waals surface area contributed by atoms with Crippen molar-refractivity contribution < 1.29 is 0 Å². The molecule has 0 unspecified atom stereocenters. The van der Waals surface area contributed by atoms with Gasteiger partial charge in [-0.3, -0.25) is 0 Å². The minimum atomic E-state index is 0.728. The summed E-state index contributed by atoms with van der Waals surface area (Å²) in [5, 5.41) is 5.74. The molecule has 0 spiro atoms. The zero-order valence-corrected chi connectivity index (χ0v) is 7.86. The highest BCUT2D eigenvalue weighted by molar-refractivity contribution is 5.53. The highest BCUT2D eigenvalue weighted by Gasteiger charge is 1.97. The van der Waals surface area contributed by atoms with Crippen molar-refractivity contribution in [3.05, 3.63) is 24.2 Å². The first-order valence-corrected chi connectivity index (χ1v) is 3.83. The molecule has 3 nitrogen and oxygen atoms in total. The molecule has 0 N–H and O–H groups in total. The number of rotatable bonds is 4. The van der Waals surface area contributed by atoms with Crippen LogP contribution in [-0.4, -0.2) is 17.9 Å². The molecule has 0 bridgehead atoms. The van der Waals surface area contributed by atoms with E-state index >= 15 is 0 Å². The third-order valence-corrected chi connectivity index (χ3v) is 1.19. The summed E-state index contributed by atoms with van der Waals surface area (Å²) in [5.74, 6) is 0.728. The third kappa shape index (κ3) is 3.14. The van der Waals surface area contributed by atoms with Crippen LogP contribution in [-0.2, 0) is 0 Å². The Morgan fingerprint density at radius 2 is 2.00 bits per heavy atom. The second-order valence-electron chi connectivity index (χ2n) is 2.01. The van der Waals surface area contributed by atoms with Crippen LogP contribution in [0.15, 0.2) is 34.3 Å². The molecule has 0 saturated heterocycles. The van der Waals surface area contributed by atoms with Crippen molar-refractivity contribution in [1.29, 1.82) is 0 Å². The highest BCUT2D eigenvalue weighted by Crippen LogP contribution is 2.05. The first-order valence-electron chi connectivity index (χ1n) is 3.83. The number of allylic oxidation sites excluding steroid dienone is 2. The normalized spacial score (nSPS) is 12.8. The van der Waals surface area contributed by atoms with Gasteiger partial charge in [-0.1, -0.05) is 6.08 Å². The lowest BCUT2D eigenvalue weighted by atomic mass is 10.5. The Kier molecular flexibility index (Phi) is 5.61. The summed E-state index contributed by atoms with van der Waals surface area (Å²) in [6, 6.07) is 0. The summed E-state index contributed by atoms with van der Waals surface area (Å²) in [6.07, 6.45) is 7.26. The Morgan fingerprint density at radius 3 is 2.33 bits per heavy atom. The largest absolute Gasteiger partial charge is 0.245 e. The van der Waals surface area contributed by atoms with E-state index < -0.39 is 0 Å². The first kappa shape index (κ1) is 10.6. The lowest BCUT2D eigenvalue weighted by molar-refractivity contribution is 0.494. The predicted molar refractivity (Wildman–Crippen MR) is 54.1 cm³/mol. The van der Waals surface area contributed by atoms with E-state index in [0.717, 1.165) is 5.82 Å². The molecule has 0 aliphatic heterocycles. The van der Waals surface area contributed by atoms with E-state index in [0.29, 0.717) is 0 Å². The molecule has 0 atom stereocenters. The molecule has 0 aromatic carbocycles. The van der Waals surface area contributed by atoms with Gasteiger partial charge in [-0.15, -0.1) is 0 Å². The van der Waals surface area contributed by atoms with Crippen LogP contribution in [0, 0.1) is 0 Å². The van der Waals surface area contributed by atoms with Crippen LogP contribution in [0.4, 0.5) is 0 Å². The Balaban J connectivity index is 4.59. The van der Waals surface area contributed by atoms with Crippen molar-refractivity contribution in [2.45, 2.75) is 20.8 Å². The quantitative estimate of drug-likeness (QED) is 0.464. The van der Waals surface area contributed by atoms with Crippen LogP contribution in [0.2, 0.25) is 0 Å². The molecule has 0 rings (SSSR count). The topological polar surface area (TPSA) is 28.0 Å². The van der Waals surface area contributed by atoms with Crippen molar-refractivity contribution in [3.63, 3.8) is 0 Å². The van der Waals surface area contributed by atoms with Gasteiger partial charge in [0, 0.05) is 12.4 Å². The van der Waals surface area contributed by atoms with E-state index in [9.17, 15) is 0 Å². The Labute approximate surface area is 73.8 Å². The lowest BCUT2D eigenvalue weighted by Gasteiger charge is -2.12. The maximum atomic E-state index is 4.08. The molecule has 0 aliphatic rings. The van der Waals surface area contributed by atoms with E-state index in [1.165, 1.54) is 0 Å². The summed E-state index contributed by atoms with van der Waals surface area (Å²) in [7, 11) is 0. The minimum absolute atomic E-state index is 0.728. The summed E-state index contributed by atoms with van der Waals surface area (Å²) in [5.41, 5.74) is 0. The van der Waals surface area contributed by atoms with Gasteiger partial charge >= 0.3 is 0 Å². The molecule has 0 heterocycles. The van der Waals surface area contributed by atoms with Crippen molar-refractivity contribution >= 4 is 12.9 Å². The molecule has 0 aromatic rings. The summed E-state index contributed by atoms with van der Waals surface area (Å²) < 4.78 is 0. The molecule has 12 heavy (non-hydrogen) atoms. The van der Waals surface area contributed by atoms with Gasteiger partial charge < -0.3 is 0 Å². The molecule has 0 amide bonds. The summed E-state index contributed by atoms with van der Waals surface area (Å²) in [6.45, 7) is 9.12. The maximum absolute atomic E-state index is 4.08. The van der Waals surface area contributed by atoms with Gasteiger partial charge in [0.15, 0.2) is 0 Å². The highest BCUT2D eigenvalue weighted by atomic mass is 15.5. The Hall–Kier alpha value is -1.38. The van der Waals surface area contributed by atoms with Crippen LogP contribution in [0.25, 0.3) is 0 Å². The van der Waals surface area contributed by atoms with Gasteiger partial charge in [0.2, 0.25) is 0 Å². The van der Waals surface area contributed by atoms with Gasteiger partial charge in [0.25, 0.3) is 0 Å². The minimum Gasteiger partial charge on any atom is -0.245 e. The second kappa shape index (κ2) is 6.34. The zero-order chi connectivity index (χ0) is 9.40. The van der Waals surface area contributed by atoms with Crippen LogP contribution in [0.3, 0.4) is 0 Å². The van der Waals surface area contributed by atoms with Gasteiger partial charge in [-0.25, -0.2) is 10.0 Å². The molecule has 0 radical (unpaired) electrons. The van der Waals surface area contributed by atoms with Crippen LogP contribution >= 0.6 is 0 Å². The molecule has 0 aliphatic carbocycles. The smallest absolute Gasteiger partial charge is 0.148 e. The fraction of sp³-hybridized carbons (Fsp3) is 0.333. The van der Waals surface area contributed by atoms with Gasteiger partial charge in [0.05, 0.1) is 0 Å². The molecule has 0 saturated carbocycles. The fourth-order valence-corrected chi connectivity index (χ4v) is 0.736. The van der Waals surface area contributed by atoms with Crippen molar-refractivity contribution in [1.82, 2.24) is 5.01 Å². The molecule has 66 valence electrons. The average molecular weight is 165 g/mol. The van der Waals surface area contributed by atoms with E-state index in [2.05, 4.69) is 16.8 Å². The van der Waals surface area contributed by atoms with E-state index in [-0.39, 0.29) is 0 Å². The number of hydrogen-bond acceptors (Lipinski definition) is 3. The molecule has 0 fully saturated rings. The maximum Gasteiger partial charge on any atom is 0.148 e. The van der Waals surface area contributed by atoms with Crippen molar-refractivity contribution in [2.24, 2.45) is 10.1 Å². The lowest BCUT2D eigenvalue weighted by Crippen LogP contribution is -2.07. The molecule has 0 aromatic heterocycles. The summed E-state index contributed by atoms with van der Waals surface area (Å²) in [4.78, 5) is 3.82. The SMILES string of the molecule is C=N/C(=C/C)N(/C=C\C)/N=C/C. The number of hydrazone groups is 1. The average Bonchev–Trinajstić information content (AvgIpc) is 2.07. The van der Waals surface area contributed by atoms with E-state index in [1.54, 1.807) is 11.2 Å². The van der Waals surface area contributed by atoms with Crippen LogP contribution < -0.4 is 0 Å². The van der Waals surface area contributed by atoms with Gasteiger partial charge in [-0.05, 0) is 33.6 Å². The molecular weight excluding hydrogens is 150 g/mol. The van der Waals surface area contributed by atoms with Crippen molar-refractivity contribution in [3.8, 4) is 0 Å². The predicted octanol–water partition coefficient (Wildman–Crippen LogP) is 2.39. The molecule has 3 heteroatoms. The number of hydrogen-bond donors (Lipinski definition) is 0. The third-order valence-electron chi connectivity index (χ3n) is 1.19. The van der Waals surface area contributed by atoms with Crippen molar-refractivity contribution in [2.75, 3.05) is 0 Å². The monoisotopic (exact) mass is 165 g/mol. The first-order chi connectivity index (χ1) is 5.79. The number of aliphatic imine (C=N–C) groups is 1. The standard InChI is InChI=1S/C9H15N3/c1-5-8-12(11-7-3)9(6-2)10-4/h5-8H,4H2,1-3H3/b8-5-,9-6-,11-7+. The zero-order valence-electron chi connectivity index (χ0n) is 7.86. The fourth-order valence-electron chi connectivity index (χ4n) is 0.736. The van der Waals surface area contributed by atoms with Gasteiger partial charge in [-0.2, -0.15) is 5.10 Å². The Bertz CT molecular complexity index is 202. The van der Waals surface area contributed by atoms with E-state index in [4.69, 9.17) is 0 Å². The second-order valence-corrected chi connectivity index (χ2v) is 2.01. The Morgan fingerprint density at radius 1 is 1.33 bits per heavy atom. The van der Waals surface area contributed by atoms with E-state index in [1.807, 2.05) is 39.1 Å². The molecular formula is C9H15N3. The number of nitrogens with zero attached hydrogens (tertiary/aromatic N) is 3. The van der Waals surface area contributed by atoms with Gasteiger partial charge in [0.1, 0.15) is 5.82 Å². The van der Waals surface area contributed by atoms with Crippen LogP contribution in [0.1, 0.15) is 20.8 Å². The summed E-state index contributed by atoms with van der Waals surface area (Å²) >= 11 is 0. The van der Waals surface area contributed by atoms with Crippen LogP contribution in [0.5, 0.6) is 0 Å².